The van der Waals surface area contributed by atoms with Crippen LogP contribution < -0.4 is 10.1 Å². The summed E-state index contributed by atoms with van der Waals surface area (Å²) in [5.74, 6) is 0.939. The normalized spacial score (nSPS) is 11.1. The molecule has 1 rings (SSSR count). The number of amides is 1. The second-order valence-corrected chi connectivity index (χ2v) is 7.84. The van der Waals surface area contributed by atoms with Gasteiger partial charge in [-0.2, -0.15) is 0 Å². The van der Waals surface area contributed by atoms with Crippen LogP contribution in [-0.2, 0) is 4.79 Å². The average Bonchev–Trinajstić information content (AvgIpc) is 2.72. The summed E-state index contributed by atoms with van der Waals surface area (Å²) < 4.78 is 5.41. The van der Waals surface area contributed by atoms with Crippen LogP contribution in [-0.4, -0.2) is 12.5 Å². The lowest BCUT2D eigenvalue weighted by Crippen LogP contribution is -2.10. The van der Waals surface area contributed by atoms with E-state index < -0.39 is 0 Å². The molecule has 1 amide bonds. The van der Waals surface area contributed by atoms with Gasteiger partial charge in [0.05, 0.1) is 6.61 Å². The monoisotopic (exact) mass is 401 g/mol. The van der Waals surface area contributed by atoms with E-state index in [9.17, 15) is 4.79 Å². The second-order valence-electron chi connectivity index (χ2n) is 7.84. The van der Waals surface area contributed by atoms with E-state index in [-0.39, 0.29) is 5.91 Å². The van der Waals surface area contributed by atoms with Gasteiger partial charge in [0.25, 0.3) is 0 Å². The van der Waals surface area contributed by atoms with Crippen molar-refractivity contribution in [2.45, 2.75) is 104 Å². The van der Waals surface area contributed by atoms with Gasteiger partial charge in [0.1, 0.15) is 5.75 Å². The number of hydrogen-bond acceptors (Lipinski definition) is 2. The largest absolute Gasteiger partial charge is 0.494 e. The Bertz CT molecular complexity index is 536. The Morgan fingerprint density at radius 1 is 0.793 bits per heavy atom. The molecule has 1 aromatic rings. The van der Waals surface area contributed by atoms with Gasteiger partial charge in [-0.05, 0) is 63.3 Å². The molecular formula is C26H43NO2. The number of anilines is 1. The number of allylic oxidation sites excluding steroid dienone is 2. The minimum atomic E-state index is 0.104. The average molecular weight is 402 g/mol. The Labute approximate surface area is 179 Å². The predicted octanol–water partition coefficient (Wildman–Crippen LogP) is 8.06. The standard InChI is InChI=1S/C26H43NO2/c1-3-5-6-7-8-9-10-11-12-13-14-15-16-17-18-19-26(28)27-24-20-22-25(23-21-24)29-4-2/h11-12,20-23H,3-10,13-19H2,1-2H3,(H,27,28)/b12-11+. The number of unbranched alkanes of at least 4 members (excludes halogenated alkanes) is 11. The first-order valence-corrected chi connectivity index (χ1v) is 11.9. The second kappa shape index (κ2) is 18.3. The van der Waals surface area contributed by atoms with Crippen molar-refractivity contribution < 1.29 is 9.53 Å². The summed E-state index contributed by atoms with van der Waals surface area (Å²) in [5.41, 5.74) is 0.839. The van der Waals surface area contributed by atoms with Crippen molar-refractivity contribution in [2.75, 3.05) is 11.9 Å². The molecule has 0 aliphatic heterocycles. The number of carbonyl (C=O) groups is 1. The number of benzene rings is 1. The van der Waals surface area contributed by atoms with E-state index in [0.717, 1.165) is 24.3 Å². The summed E-state index contributed by atoms with van der Waals surface area (Å²) in [5, 5.41) is 2.96. The zero-order valence-electron chi connectivity index (χ0n) is 18.9. The molecule has 0 bridgehead atoms. The molecular weight excluding hydrogens is 358 g/mol. The van der Waals surface area contributed by atoms with E-state index in [1.54, 1.807) is 0 Å². The molecule has 3 nitrogen and oxygen atoms in total. The van der Waals surface area contributed by atoms with Gasteiger partial charge in [-0.1, -0.05) is 70.4 Å². The Morgan fingerprint density at radius 2 is 1.34 bits per heavy atom. The van der Waals surface area contributed by atoms with Crippen LogP contribution in [0.5, 0.6) is 5.75 Å². The highest BCUT2D eigenvalue weighted by molar-refractivity contribution is 5.90. The molecule has 0 saturated heterocycles. The molecule has 0 heterocycles. The highest BCUT2D eigenvalue weighted by Gasteiger charge is 2.02. The van der Waals surface area contributed by atoms with E-state index in [4.69, 9.17) is 4.74 Å². The van der Waals surface area contributed by atoms with Crippen LogP contribution in [0, 0.1) is 0 Å². The fourth-order valence-electron chi connectivity index (χ4n) is 3.38. The van der Waals surface area contributed by atoms with Gasteiger partial charge < -0.3 is 10.1 Å². The molecule has 164 valence electrons. The molecule has 0 unspecified atom stereocenters. The highest BCUT2D eigenvalue weighted by Crippen LogP contribution is 2.16. The zero-order chi connectivity index (χ0) is 21.0. The van der Waals surface area contributed by atoms with Gasteiger partial charge in [0.2, 0.25) is 5.91 Å². The van der Waals surface area contributed by atoms with Crippen molar-refractivity contribution in [3.05, 3.63) is 36.4 Å². The van der Waals surface area contributed by atoms with E-state index in [1.807, 2.05) is 31.2 Å². The van der Waals surface area contributed by atoms with Gasteiger partial charge in [0, 0.05) is 12.1 Å². The lowest BCUT2D eigenvalue weighted by Gasteiger charge is -2.07. The van der Waals surface area contributed by atoms with Crippen molar-refractivity contribution >= 4 is 11.6 Å². The molecule has 0 aliphatic carbocycles. The van der Waals surface area contributed by atoms with E-state index in [1.165, 1.54) is 70.6 Å². The van der Waals surface area contributed by atoms with Gasteiger partial charge in [-0.25, -0.2) is 0 Å². The molecule has 0 fully saturated rings. The first kappa shape index (κ1) is 25.3. The van der Waals surface area contributed by atoms with Crippen molar-refractivity contribution in [3.8, 4) is 5.75 Å². The summed E-state index contributed by atoms with van der Waals surface area (Å²) in [6, 6.07) is 7.56. The number of nitrogens with one attached hydrogen (secondary N) is 1. The Balaban J connectivity index is 1.91. The zero-order valence-corrected chi connectivity index (χ0v) is 18.9. The fourth-order valence-corrected chi connectivity index (χ4v) is 3.38. The number of ether oxygens (including phenoxy) is 1. The molecule has 0 saturated carbocycles. The maximum Gasteiger partial charge on any atom is 0.224 e. The molecule has 3 heteroatoms. The summed E-state index contributed by atoms with van der Waals surface area (Å²) >= 11 is 0. The van der Waals surface area contributed by atoms with Gasteiger partial charge in [-0.3, -0.25) is 4.79 Å². The van der Waals surface area contributed by atoms with Crippen molar-refractivity contribution in [2.24, 2.45) is 0 Å². The Kier molecular flexibility index (Phi) is 15.9. The molecule has 0 aliphatic rings. The summed E-state index contributed by atoms with van der Waals surface area (Å²) in [4.78, 5) is 12.0. The van der Waals surface area contributed by atoms with Crippen LogP contribution in [0.15, 0.2) is 36.4 Å². The third kappa shape index (κ3) is 14.8. The SMILES string of the molecule is CCCCCCCC/C=C/CCCCCCCC(=O)Nc1ccc(OCC)cc1. The first-order chi connectivity index (χ1) is 14.3. The van der Waals surface area contributed by atoms with Crippen molar-refractivity contribution in [1.82, 2.24) is 0 Å². The third-order valence-corrected chi connectivity index (χ3v) is 5.11. The number of hydrogen-bond donors (Lipinski definition) is 1. The lowest BCUT2D eigenvalue weighted by atomic mass is 10.1. The topological polar surface area (TPSA) is 38.3 Å². The van der Waals surface area contributed by atoms with E-state index >= 15 is 0 Å². The van der Waals surface area contributed by atoms with Crippen LogP contribution in [0.25, 0.3) is 0 Å². The molecule has 29 heavy (non-hydrogen) atoms. The number of carbonyl (C=O) groups excluding carboxylic acids is 1. The van der Waals surface area contributed by atoms with Gasteiger partial charge >= 0.3 is 0 Å². The highest BCUT2D eigenvalue weighted by atomic mass is 16.5. The van der Waals surface area contributed by atoms with Crippen LogP contribution in [0.4, 0.5) is 5.69 Å². The molecule has 1 aromatic carbocycles. The van der Waals surface area contributed by atoms with Gasteiger partial charge in [0.15, 0.2) is 0 Å². The maximum absolute atomic E-state index is 12.0. The Morgan fingerprint density at radius 3 is 1.93 bits per heavy atom. The molecule has 0 spiro atoms. The Hall–Kier alpha value is -1.77. The molecule has 0 radical (unpaired) electrons. The summed E-state index contributed by atoms with van der Waals surface area (Å²) in [6.45, 7) is 4.88. The van der Waals surface area contributed by atoms with Crippen molar-refractivity contribution in [1.29, 1.82) is 0 Å². The van der Waals surface area contributed by atoms with Crippen LogP contribution in [0.1, 0.15) is 104 Å². The fraction of sp³-hybridized carbons (Fsp3) is 0.654. The molecule has 0 atom stereocenters. The van der Waals surface area contributed by atoms with E-state index in [2.05, 4.69) is 24.4 Å². The minimum Gasteiger partial charge on any atom is -0.494 e. The predicted molar refractivity (Wildman–Crippen MR) is 126 cm³/mol. The minimum absolute atomic E-state index is 0.104. The molecule has 1 N–H and O–H groups in total. The van der Waals surface area contributed by atoms with E-state index in [0.29, 0.717) is 13.0 Å². The molecule has 0 aromatic heterocycles. The van der Waals surface area contributed by atoms with Crippen LogP contribution in [0.3, 0.4) is 0 Å². The summed E-state index contributed by atoms with van der Waals surface area (Å²) in [7, 11) is 0. The summed E-state index contributed by atoms with van der Waals surface area (Å²) in [6.07, 6.45) is 21.9. The van der Waals surface area contributed by atoms with Gasteiger partial charge in [-0.15, -0.1) is 0 Å². The quantitative estimate of drug-likeness (QED) is 0.199. The smallest absolute Gasteiger partial charge is 0.224 e. The first-order valence-electron chi connectivity index (χ1n) is 11.9. The lowest BCUT2D eigenvalue weighted by molar-refractivity contribution is -0.116. The van der Waals surface area contributed by atoms with Crippen LogP contribution >= 0.6 is 0 Å². The van der Waals surface area contributed by atoms with Crippen LogP contribution in [0.2, 0.25) is 0 Å². The number of rotatable bonds is 18. The third-order valence-electron chi connectivity index (χ3n) is 5.11. The maximum atomic E-state index is 12.0. The van der Waals surface area contributed by atoms with Crippen molar-refractivity contribution in [3.63, 3.8) is 0 Å².